The van der Waals surface area contributed by atoms with Crippen LogP contribution in [0.15, 0.2) is 246 Å². The number of nitrogens with one attached hydrogen (secondary N) is 8. The van der Waals surface area contributed by atoms with Gasteiger partial charge in [-0.1, -0.05) is 232 Å². The van der Waals surface area contributed by atoms with E-state index in [1.165, 1.54) is 101 Å². The number of carbonyl (C=O) groups is 1. The number of H-pyrrole nitrogens is 8. The van der Waals surface area contributed by atoms with E-state index < -0.39 is 0 Å². The highest BCUT2D eigenvalue weighted by atomic mass is 79.9. The van der Waals surface area contributed by atoms with Crippen molar-refractivity contribution in [3.8, 4) is 0 Å². The van der Waals surface area contributed by atoms with Crippen LogP contribution in [0.4, 0.5) is 8.78 Å². The monoisotopic (exact) mass is 1620 g/mol. The highest BCUT2D eigenvalue weighted by Crippen LogP contribution is 2.34. The molecule has 9 heterocycles. The van der Waals surface area contributed by atoms with Crippen LogP contribution in [-0.2, 0) is 6.61 Å². The molecule has 0 aliphatic heterocycles. The van der Waals surface area contributed by atoms with Crippen LogP contribution in [0.1, 0.15) is 251 Å². The first-order valence-electron chi connectivity index (χ1n) is 40.7. The van der Waals surface area contributed by atoms with Gasteiger partial charge in [0.1, 0.15) is 23.0 Å². The van der Waals surface area contributed by atoms with Gasteiger partial charge in [-0.25, -0.2) is 13.8 Å². The Hall–Kier alpha value is -11.3. The normalized spacial score (nSPS) is 11.3. The van der Waals surface area contributed by atoms with E-state index in [1.54, 1.807) is 19.1 Å². The molecule has 0 atom stereocenters. The number of aliphatic hydroxyl groups excluding tert-OH is 1. The number of nitrogens with zero attached hydrogens (tertiary/aromatic N) is 1. The molecule has 18 aromatic rings. The lowest BCUT2D eigenvalue weighted by atomic mass is 9.98. The third-order valence-electron chi connectivity index (χ3n) is 20.7. The van der Waals surface area contributed by atoms with Gasteiger partial charge in [0, 0.05) is 136 Å². The minimum atomic E-state index is -0.190. The van der Waals surface area contributed by atoms with Gasteiger partial charge >= 0.3 is 0 Å². The number of Topliss-reactive ketones (excluding diaryl/α,β-unsaturated/α-hetero) is 1. The Kier molecular flexibility index (Phi) is 30.3. The first-order chi connectivity index (χ1) is 55.5. The molecule has 0 saturated heterocycles. The van der Waals surface area contributed by atoms with E-state index in [9.17, 15) is 13.6 Å². The van der Waals surface area contributed by atoms with E-state index in [4.69, 9.17) is 9.52 Å². The molecule has 0 unspecified atom stereocenters. The summed E-state index contributed by atoms with van der Waals surface area (Å²) in [6, 6.07) is 65.4. The van der Waals surface area contributed by atoms with Crippen LogP contribution in [0.25, 0.3) is 98.3 Å². The molecule has 15 heteroatoms. The van der Waals surface area contributed by atoms with E-state index in [-0.39, 0.29) is 24.0 Å². The summed E-state index contributed by atoms with van der Waals surface area (Å²) >= 11 is 3.49. The van der Waals surface area contributed by atoms with Gasteiger partial charge in [0.15, 0.2) is 5.78 Å². The maximum absolute atomic E-state index is 12.9. The van der Waals surface area contributed by atoms with Gasteiger partial charge < -0.3 is 49.4 Å². The van der Waals surface area contributed by atoms with Crippen LogP contribution in [0.5, 0.6) is 0 Å². The lowest BCUT2D eigenvalue weighted by molar-refractivity contribution is 0.101. The Morgan fingerprint density at radius 2 is 0.819 bits per heavy atom. The molecule has 0 bridgehead atoms. The molecular formula is C101H116BrF2N9O3. The van der Waals surface area contributed by atoms with Crippen molar-refractivity contribution >= 4 is 120 Å². The second-order valence-corrected chi connectivity index (χ2v) is 33.3. The molecule has 0 aliphatic carbocycles. The van der Waals surface area contributed by atoms with Crippen molar-refractivity contribution in [1.82, 2.24) is 44.9 Å². The van der Waals surface area contributed by atoms with E-state index in [2.05, 4.69) is 295 Å². The average molecular weight is 1620 g/mol. The number of rotatable bonds is 11. The maximum Gasteiger partial charge on any atom is 0.176 e. The Balaban J connectivity index is 0.000000138. The van der Waals surface area contributed by atoms with Crippen molar-refractivity contribution in [3.05, 3.63) is 315 Å². The van der Waals surface area contributed by atoms with Crippen molar-refractivity contribution in [2.45, 2.75) is 191 Å². The number of halogens is 3. The van der Waals surface area contributed by atoms with Crippen molar-refractivity contribution in [1.29, 1.82) is 0 Å². The number of benzene rings is 9. The molecule has 18 rings (SSSR count). The fourth-order valence-corrected chi connectivity index (χ4v) is 14.6. The van der Waals surface area contributed by atoms with Crippen LogP contribution >= 0.6 is 15.9 Å². The van der Waals surface area contributed by atoms with Crippen molar-refractivity contribution in [2.75, 3.05) is 0 Å². The number of aromatic nitrogens is 9. The number of aromatic amines is 8. The van der Waals surface area contributed by atoms with E-state index >= 15 is 0 Å². The van der Waals surface area contributed by atoms with Gasteiger partial charge in [-0.2, -0.15) is 0 Å². The second kappa shape index (κ2) is 40.3. The lowest BCUT2D eigenvalue weighted by Gasteiger charge is -2.05. The van der Waals surface area contributed by atoms with Gasteiger partial charge in [0.25, 0.3) is 0 Å². The van der Waals surface area contributed by atoms with Gasteiger partial charge in [-0.05, 0) is 201 Å². The quantitative estimate of drug-likeness (QED) is 0.0583. The minimum absolute atomic E-state index is 0.106. The van der Waals surface area contributed by atoms with Crippen LogP contribution in [0.3, 0.4) is 0 Å². The molecule has 0 saturated carbocycles. The number of hydrogen-bond acceptors (Lipinski definition) is 4. The molecule has 0 radical (unpaired) electrons. The van der Waals surface area contributed by atoms with Gasteiger partial charge in [-0.3, -0.25) is 4.79 Å². The van der Waals surface area contributed by atoms with Crippen LogP contribution in [0.2, 0.25) is 0 Å². The fraction of sp³-hybridized carbons (Fsp3) is 0.287. The standard InChI is InChI=1S/C13H15NO.C12H15NO.C11H12BrN.2C11H12FN.2C11H13N.C11H12O.C10H12N2/c1-8(2)12-10-6-4-5-7-11(10)14-13(12)9(3)15;1-8(2)11-6-13-12-4-3-9(7-14)5-10(11)12;2*1-7(2)10-6-13-11-4-3-8(12)5-9(10)11;1-7(2)10-6-13-11-5-8(12)3-4-9(10)11;1-8(2)10-7-12-11-6-4-3-5-9(10)11;1-8(2)11-7-9-5-3-4-6-10(9)12-11;1-8(2)10-7-12-11-6-4-3-5-9(10)11;1-7(2)10-11-8-5-3-4-6-9(8)12-10/h4-8,14H,1-3H3;3-6,8,13-14H,7H2,1-2H3;3*3-7,13H,1-2H3;2*3-8,12H,1-2H3;3-8H,1-2H3;3-7H,1-2H3,(H,11,12). The zero-order valence-corrected chi connectivity index (χ0v) is 72.4. The number of furan rings is 1. The van der Waals surface area contributed by atoms with Gasteiger partial charge in [-0.15, -0.1) is 0 Å². The largest absolute Gasteiger partial charge is 0.464 e. The zero-order chi connectivity index (χ0) is 83.6. The SMILES string of the molecule is CC(=O)c1[nH]c2ccccc2c1C(C)C.CC(C)c1c[nH]c2cc(F)ccc12.CC(C)c1c[nH]c2ccc(Br)cc12.CC(C)c1c[nH]c2ccc(CO)cc12.CC(C)c1c[nH]c2ccc(F)cc12.CC(C)c1c[nH]c2ccccc12.CC(C)c1cc2ccccc2[nH]1.CC(C)c1coc2ccccc12.CC(C)c1nc2ccccc2[nH]1. The first-order valence-corrected chi connectivity index (χ1v) is 41.5. The molecule has 9 N–H and O–H groups in total. The van der Waals surface area contributed by atoms with Crippen LogP contribution in [-0.4, -0.2) is 55.7 Å². The number of aliphatic hydroxyl groups is 1. The third-order valence-corrected chi connectivity index (χ3v) is 21.1. The molecule has 0 aliphatic rings. The van der Waals surface area contributed by atoms with Gasteiger partial charge in [0.2, 0.25) is 0 Å². The zero-order valence-electron chi connectivity index (χ0n) is 70.8. The Morgan fingerprint density at radius 1 is 0.379 bits per heavy atom. The molecule has 116 heavy (non-hydrogen) atoms. The molecule has 12 nitrogen and oxygen atoms in total. The number of fused-ring (bicyclic) bond motifs is 9. The van der Waals surface area contributed by atoms with E-state index in [0.29, 0.717) is 53.3 Å². The highest BCUT2D eigenvalue weighted by Gasteiger charge is 2.18. The van der Waals surface area contributed by atoms with Crippen LogP contribution in [0, 0.1) is 11.6 Å². The molecule has 0 fully saturated rings. The topological polar surface area (TPSA) is 190 Å². The van der Waals surface area contributed by atoms with Gasteiger partial charge in [0.05, 0.1) is 29.6 Å². The van der Waals surface area contributed by atoms with E-state index in [0.717, 1.165) is 82.0 Å². The molecule has 9 aromatic carbocycles. The summed E-state index contributed by atoms with van der Waals surface area (Å²) in [5.74, 6) is 5.34. The Morgan fingerprint density at radius 3 is 1.35 bits per heavy atom. The van der Waals surface area contributed by atoms with E-state index in [1.807, 2.05) is 97.5 Å². The van der Waals surface area contributed by atoms with Crippen molar-refractivity contribution < 1.29 is 23.1 Å². The number of imidazole rings is 1. The maximum atomic E-state index is 12.9. The molecule has 604 valence electrons. The summed E-state index contributed by atoms with van der Waals surface area (Å²) in [4.78, 5) is 41.8. The Bertz CT molecular complexity index is 5830. The summed E-state index contributed by atoms with van der Waals surface area (Å²) < 4.78 is 32.3. The molecule has 0 spiro atoms. The Labute approximate surface area is 690 Å². The predicted molar refractivity (Wildman–Crippen MR) is 491 cm³/mol. The molecule has 0 amide bonds. The summed E-state index contributed by atoms with van der Waals surface area (Å²) in [7, 11) is 0. The summed E-state index contributed by atoms with van der Waals surface area (Å²) in [5.41, 5.74) is 22.9. The number of hydrogen-bond donors (Lipinski definition) is 9. The lowest BCUT2D eigenvalue weighted by Crippen LogP contribution is -1.99. The number of ketones is 1. The molecular weight excluding hydrogens is 1510 g/mol. The third kappa shape index (κ3) is 22.0. The number of carbonyl (C=O) groups excluding carboxylic acids is 1. The second-order valence-electron chi connectivity index (χ2n) is 32.4. The van der Waals surface area contributed by atoms with Crippen molar-refractivity contribution in [2.24, 2.45) is 0 Å². The van der Waals surface area contributed by atoms with Crippen LogP contribution < -0.4 is 0 Å². The predicted octanol–water partition coefficient (Wildman–Crippen LogP) is 30.0. The smallest absolute Gasteiger partial charge is 0.176 e. The summed E-state index contributed by atoms with van der Waals surface area (Å²) in [6.07, 6.45) is 12.0. The highest BCUT2D eigenvalue weighted by molar-refractivity contribution is 9.10. The molecule has 9 aromatic heterocycles. The van der Waals surface area contributed by atoms with Crippen molar-refractivity contribution in [3.63, 3.8) is 0 Å². The summed E-state index contributed by atoms with van der Waals surface area (Å²) in [5, 5.41) is 18.8. The average Bonchev–Trinajstić information content (AvgIpc) is 1.66. The first kappa shape index (κ1) is 87.1. The summed E-state index contributed by atoms with van der Waals surface area (Å²) in [6.45, 7) is 40.7. The minimum Gasteiger partial charge on any atom is -0.464 e. The number of para-hydroxylation sites is 6. The fourth-order valence-electron chi connectivity index (χ4n) is 14.3.